The van der Waals surface area contributed by atoms with Crippen LogP contribution in [0.4, 0.5) is 0 Å². The van der Waals surface area contributed by atoms with E-state index in [0.29, 0.717) is 0 Å². The minimum Gasteiger partial charge on any atom is -0.483 e. The van der Waals surface area contributed by atoms with Crippen molar-refractivity contribution in [3.63, 3.8) is 0 Å². The lowest BCUT2D eigenvalue weighted by Gasteiger charge is -2.19. The van der Waals surface area contributed by atoms with E-state index in [0.717, 1.165) is 44.6 Å². The summed E-state index contributed by atoms with van der Waals surface area (Å²) in [6.45, 7) is 15.4. The molecule has 2 aromatic rings. The standard InChI is InChI=1S/C8H8Cl2.C8H9Cl.C8H17N.CH2O2/c1-2-6-5-7(9)3-4-8(6)10;1-6-3-4-7(2)8(9)5-6;1-7(2)9-5-4-8(3)6-9;2-1-3/h3-5H,2H2,1H3;3-5H,1-2H3;7-8H,4-6H2,1-3H3;1H,(H,2,3). The van der Waals surface area contributed by atoms with Gasteiger partial charge in [0.1, 0.15) is 0 Å². The number of benzene rings is 2. The number of rotatable bonds is 2. The van der Waals surface area contributed by atoms with E-state index >= 15 is 0 Å². The van der Waals surface area contributed by atoms with Crippen molar-refractivity contribution in [2.75, 3.05) is 13.1 Å². The number of carbonyl (C=O) groups is 1. The van der Waals surface area contributed by atoms with Gasteiger partial charge in [-0.3, -0.25) is 4.79 Å². The fourth-order valence-corrected chi connectivity index (χ4v) is 3.63. The van der Waals surface area contributed by atoms with E-state index in [-0.39, 0.29) is 6.47 Å². The SMILES string of the molecule is CC1CCN(C(C)C)C1.CCc1cc(Cl)ccc1Cl.Cc1ccc(C)c(Cl)c1.O=CO. The summed E-state index contributed by atoms with van der Waals surface area (Å²) >= 11 is 17.4. The maximum absolute atomic E-state index is 8.36. The van der Waals surface area contributed by atoms with Crippen LogP contribution < -0.4 is 0 Å². The molecule has 1 atom stereocenters. The monoisotopic (exact) mass is 487 g/mol. The van der Waals surface area contributed by atoms with Crippen LogP contribution in [0.5, 0.6) is 0 Å². The summed E-state index contributed by atoms with van der Waals surface area (Å²) in [5.41, 5.74) is 3.46. The Labute approximate surface area is 203 Å². The highest BCUT2D eigenvalue weighted by molar-refractivity contribution is 6.33. The molecule has 1 unspecified atom stereocenters. The number of hydrogen-bond acceptors (Lipinski definition) is 2. The Morgan fingerprint density at radius 1 is 1.10 bits per heavy atom. The van der Waals surface area contributed by atoms with Crippen molar-refractivity contribution in [2.45, 2.75) is 60.4 Å². The normalized spacial score (nSPS) is 15.1. The number of halogens is 3. The average molecular weight is 489 g/mol. The molecular formula is C25H36Cl3NO2. The Balaban J connectivity index is 0.000000410. The van der Waals surface area contributed by atoms with Crippen LogP contribution in [0.1, 0.15) is 50.8 Å². The Kier molecular flexibility index (Phi) is 15.7. The van der Waals surface area contributed by atoms with Crippen molar-refractivity contribution in [3.8, 4) is 0 Å². The fourth-order valence-electron chi connectivity index (χ4n) is 2.95. The summed E-state index contributed by atoms with van der Waals surface area (Å²) in [4.78, 5) is 10.9. The van der Waals surface area contributed by atoms with Gasteiger partial charge in [0.15, 0.2) is 0 Å². The molecule has 1 fully saturated rings. The second-order valence-electron chi connectivity index (χ2n) is 7.93. The molecule has 1 saturated heterocycles. The minimum atomic E-state index is -0.250. The zero-order chi connectivity index (χ0) is 24.0. The molecule has 2 aromatic carbocycles. The predicted octanol–water partition coefficient (Wildman–Crippen LogP) is 7.95. The van der Waals surface area contributed by atoms with E-state index in [2.05, 4.69) is 38.7 Å². The Morgan fingerprint density at radius 2 is 1.71 bits per heavy atom. The number of aryl methyl sites for hydroxylation is 3. The van der Waals surface area contributed by atoms with Crippen LogP contribution in [0, 0.1) is 19.8 Å². The van der Waals surface area contributed by atoms with Gasteiger partial charge in [-0.05, 0) is 94.0 Å². The molecule has 1 N–H and O–H groups in total. The van der Waals surface area contributed by atoms with Crippen molar-refractivity contribution in [2.24, 2.45) is 5.92 Å². The van der Waals surface area contributed by atoms with Gasteiger partial charge < -0.3 is 10.0 Å². The van der Waals surface area contributed by atoms with Gasteiger partial charge in [-0.2, -0.15) is 0 Å². The molecule has 0 aromatic heterocycles. The molecular weight excluding hydrogens is 453 g/mol. The largest absolute Gasteiger partial charge is 0.483 e. The molecule has 0 aliphatic carbocycles. The van der Waals surface area contributed by atoms with Gasteiger partial charge in [-0.1, -0.05) is 60.8 Å². The van der Waals surface area contributed by atoms with Crippen molar-refractivity contribution < 1.29 is 9.90 Å². The topological polar surface area (TPSA) is 40.5 Å². The lowest BCUT2D eigenvalue weighted by Crippen LogP contribution is -2.27. The maximum Gasteiger partial charge on any atom is 0.290 e. The summed E-state index contributed by atoms with van der Waals surface area (Å²) < 4.78 is 0. The molecule has 1 aliphatic rings. The molecule has 174 valence electrons. The molecule has 1 heterocycles. The first-order valence-electron chi connectivity index (χ1n) is 10.5. The summed E-state index contributed by atoms with van der Waals surface area (Å²) in [7, 11) is 0. The third kappa shape index (κ3) is 13.0. The first kappa shape index (κ1) is 29.7. The number of carboxylic acid groups (broad SMARTS) is 1. The first-order chi connectivity index (χ1) is 14.5. The van der Waals surface area contributed by atoms with Crippen LogP contribution in [0.15, 0.2) is 36.4 Å². The lowest BCUT2D eigenvalue weighted by molar-refractivity contribution is -0.122. The van der Waals surface area contributed by atoms with Crippen LogP contribution in [0.25, 0.3) is 0 Å². The molecule has 1 aliphatic heterocycles. The lowest BCUT2D eigenvalue weighted by atomic mass is 10.2. The van der Waals surface area contributed by atoms with E-state index in [1.165, 1.54) is 25.1 Å². The van der Waals surface area contributed by atoms with E-state index in [9.17, 15) is 0 Å². The molecule has 3 rings (SSSR count). The second kappa shape index (κ2) is 16.4. The quantitative estimate of drug-likeness (QED) is 0.436. The summed E-state index contributed by atoms with van der Waals surface area (Å²) in [5.74, 6) is 0.937. The highest BCUT2D eigenvalue weighted by Crippen LogP contribution is 2.20. The van der Waals surface area contributed by atoms with Crippen molar-refractivity contribution in [1.29, 1.82) is 0 Å². The van der Waals surface area contributed by atoms with Crippen LogP contribution in [-0.4, -0.2) is 35.6 Å². The van der Waals surface area contributed by atoms with E-state index in [1.54, 1.807) is 6.07 Å². The first-order valence-corrected chi connectivity index (χ1v) is 11.7. The third-order valence-electron chi connectivity index (χ3n) is 4.90. The molecule has 0 bridgehead atoms. The van der Waals surface area contributed by atoms with Crippen LogP contribution in [0.2, 0.25) is 15.1 Å². The minimum absolute atomic E-state index is 0.250. The summed E-state index contributed by atoms with van der Waals surface area (Å²) in [5, 5.41) is 9.29. The van der Waals surface area contributed by atoms with Crippen LogP contribution >= 0.6 is 34.8 Å². The van der Waals surface area contributed by atoms with Crippen molar-refractivity contribution in [1.82, 2.24) is 4.90 Å². The van der Waals surface area contributed by atoms with Gasteiger partial charge in [0.25, 0.3) is 6.47 Å². The molecule has 6 heteroatoms. The highest BCUT2D eigenvalue weighted by atomic mass is 35.5. The summed E-state index contributed by atoms with van der Waals surface area (Å²) in [6.07, 6.45) is 2.33. The van der Waals surface area contributed by atoms with Crippen LogP contribution in [0.3, 0.4) is 0 Å². The Hall–Kier alpha value is -1.26. The average Bonchev–Trinajstić information content (AvgIpc) is 3.15. The number of nitrogens with zero attached hydrogens (tertiary/aromatic N) is 1. The maximum atomic E-state index is 8.36. The molecule has 0 spiro atoms. The van der Waals surface area contributed by atoms with Gasteiger partial charge >= 0.3 is 0 Å². The molecule has 31 heavy (non-hydrogen) atoms. The Bertz CT molecular complexity index is 781. The van der Waals surface area contributed by atoms with Crippen molar-refractivity contribution in [3.05, 3.63) is 68.2 Å². The molecule has 0 radical (unpaired) electrons. The third-order valence-corrected chi connectivity index (χ3v) is 5.91. The zero-order valence-electron chi connectivity index (χ0n) is 19.5. The molecule has 0 amide bonds. The van der Waals surface area contributed by atoms with E-state index < -0.39 is 0 Å². The number of likely N-dealkylation sites (tertiary alicyclic amines) is 1. The smallest absolute Gasteiger partial charge is 0.290 e. The van der Waals surface area contributed by atoms with Gasteiger partial charge in [-0.25, -0.2) is 0 Å². The zero-order valence-corrected chi connectivity index (χ0v) is 21.7. The van der Waals surface area contributed by atoms with Gasteiger partial charge in [0, 0.05) is 27.7 Å². The Morgan fingerprint density at radius 3 is 2.06 bits per heavy atom. The van der Waals surface area contributed by atoms with E-state index in [1.807, 2.05) is 38.1 Å². The van der Waals surface area contributed by atoms with Gasteiger partial charge in [0.2, 0.25) is 0 Å². The van der Waals surface area contributed by atoms with E-state index in [4.69, 9.17) is 44.7 Å². The second-order valence-corrected chi connectivity index (χ2v) is 9.18. The molecule has 3 nitrogen and oxygen atoms in total. The van der Waals surface area contributed by atoms with Crippen LogP contribution in [-0.2, 0) is 11.2 Å². The van der Waals surface area contributed by atoms with Gasteiger partial charge in [0.05, 0.1) is 0 Å². The molecule has 0 saturated carbocycles. The summed E-state index contributed by atoms with van der Waals surface area (Å²) in [6, 6.07) is 12.3. The number of hydrogen-bond donors (Lipinski definition) is 1. The highest BCUT2D eigenvalue weighted by Gasteiger charge is 2.19. The predicted molar refractivity (Wildman–Crippen MR) is 136 cm³/mol. The van der Waals surface area contributed by atoms with Crippen molar-refractivity contribution >= 4 is 41.3 Å². The fraction of sp³-hybridized carbons (Fsp3) is 0.480. The van der Waals surface area contributed by atoms with Gasteiger partial charge in [-0.15, -0.1) is 0 Å².